The zero-order valence-electron chi connectivity index (χ0n) is 26.2. The SMILES string of the molecule is CC(C)(C)OC(=O)COCCOCCOCCNC(=O)c1cc(-c2cnc(S(C)(=O)=O)nc2)cc(-c2cnc(S(C)(=O)=O)nc2)c1. The van der Waals surface area contributed by atoms with E-state index in [1.165, 1.54) is 24.8 Å². The van der Waals surface area contributed by atoms with E-state index in [9.17, 15) is 26.4 Å². The molecule has 46 heavy (non-hydrogen) atoms. The van der Waals surface area contributed by atoms with Crippen molar-refractivity contribution >= 4 is 31.6 Å². The number of carbonyl (C=O) groups excluding carboxylic acids is 2. The Kier molecular flexibility index (Phi) is 12.8. The maximum Gasteiger partial charge on any atom is 0.332 e. The number of rotatable bonds is 16. The number of sulfone groups is 2. The zero-order valence-corrected chi connectivity index (χ0v) is 27.8. The summed E-state index contributed by atoms with van der Waals surface area (Å²) in [6, 6.07) is 4.87. The average molecular weight is 680 g/mol. The van der Waals surface area contributed by atoms with Gasteiger partial charge in [0.25, 0.3) is 5.91 Å². The first-order valence-corrected chi connectivity index (χ1v) is 17.7. The van der Waals surface area contributed by atoms with E-state index >= 15 is 0 Å². The van der Waals surface area contributed by atoms with Crippen molar-refractivity contribution in [3.05, 3.63) is 48.5 Å². The number of hydrogen-bond donors (Lipinski definition) is 1. The van der Waals surface area contributed by atoms with E-state index in [-0.39, 0.29) is 62.1 Å². The molecule has 0 aliphatic rings. The normalized spacial score (nSPS) is 12.1. The third-order valence-electron chi connectivity index (χ3n) is 5.70. The van der Waals surface area contributed by atoms with Crippen LogP contribution < -0.4 is 5.32 Å². The van der Waals surface area contributed by atoms with Crippen LogP contribution in [0.25, 0.3) is 22.3 Å². The minimum Gasteiger partial charge on any atom is -0.458 e. The highest BCUT2D eigenvalue weighted by atomic mass is 32.2. The van der Waals surface area contributed by atoms with Crippen molar-refractivity contribution < 1.29 is 45.4 Å². The Morgan fingerprint density at radius 3 is 1.54 bits per heavy atom. The predicted molar refractivity (Wildman–Crippen MR) is 165 cm³/mol. The van der Waals surface area contributed by atoms with Crippen LogP contribution in [0, 0.1) is 0 Å². The molecule has 0 bridgehead atoms. The summed E-state index contributed by atoms with van der Waals surface area (Å²) in [6.07, 6.45) is 7.31. The molecule has 0 fully saturated rings. The largest absolute Gasteiger partial charge is 0.458 e. The molecule has 0 spiro atoms. The van der Waals surface area contributed by atoms with Crippen molar-refractivity contribution in [2.24, 2.45) is 0 Å². The summed E-state index contributed by atoms with van der Waals surface area (Å²) in [4.78, 5) is 40.4. The first-order chi connectivity index (χ1) is 21.5. The second-order valence-electron chi connectivity index (χ2n) is 11.0. The van der Waals surface area contributed by atoms with Crippen molar-refractivity contribution in [1.82, 2.24) is 25.3 Å². The molecular formula is C29H37N5O10S2. The van der Waals surface area contributed by atoms with E-state index in [0.29, 0.717) is 22.3 Å². The minimum atomic E-state index is -3.62. The summed E-state index contributed by atoms with van der Waals surface area (Å²) in [5, 5.41) is 2.09. The van der Waals surface area contributed by atoms with E-state index in [1.807, 2.05) is 0 Å². The highest BCUT2D eigenvalue weighted by Gasteiger charge is 2.17. The number of esters is 1. The molecule has 0 saturated heterocycles. The summed E-state index contributed by atoms with van der Waals surface area (Å²) in [7, 11) is -7.23. The minimum absolute atomic E-state index is 0.159. The summed E-state index contributed by atoms with van der Waals surface area (Å²) in [5.74, 6) is -0.872. The van der Waals surface area contributed by atoms with Crippen molar-refractivity contribution in [3.63, 3.8) is 0 Å². The Balaban J connectivity index is 1.57. The fraction of sp³-hybridized carbons (Fsp3) is 0.448. The maximum atomic E-state index is 13.1. The van der Waals surface area contributed by atoms with Gasteiger partial charge in [-0.3, -0.25) is 4.79 Å². The number of nitrogens with zero attached hydrogens (tertiary/aromatic N) is 4. The Labute approximate surface area is 267 Å². The molecule has 15 nitrogen and oxygen atoms in total. The molecular weight excluding hydrogens is 642 g/mol. The van der Waals surface area contributed by atoms with Crippen LogP contribution in [0.2, 0.25) is 0 Å². The van der Waals surface area contributed by atoms with Crippen LogP contribution in [0.1, 0.15) is 31.1 Å². The Morgan fingerprint density at radius 2 is 1.11 bits per heavy atom. The summed E-state index contributed by atoms with van der Waals surface area (Å²) >= 11 is 0. The lowest BCUT2D eigenvalue weighted by molar-refractivity contribution is -0.160. The molecule has 2 heterocycles. The number of amides is 1. The van der Waals surface area contributed by atoms with Gasteiger partial charge < -0.3 is 24.3 Å². The van der Waals surface area contributed by atoms with Crippen LogP contribution in [-0.2, 0) is 43.4 Å². The van der Waals surface area contributed by atoms with Crippen LogP contribution in [-0.4, -0.2) is 113 Å². The molecule has 1 amide bonds. The number of nitrogens with one attached hydrogen (secondary N) is 1. The van der Waals surface area contributed by atoms with Crippen molar-refractivity contribution in [3.8, 4) is 22.3 Å². The summed E-state index contributed by atoms with van der Waals surface area (Å²) < 4.78 is 68.4. The number of hydrogen-bond acceptors (Lipinski definition) is 14. The van der Waals surface area contributed by atoms with Crippen molar-refractivity contribution in [2.75, 3.05) is 58.7 Å². The number of aromatic nitrogens is 4. The number of carbonyl (C=O) groups is 2. The third-order valence-corrected chi connectivity index (χ3v) is 7.45. The molecule has 1 aromatic carbocycles. The first kappa shape index (κ1) is 36.6. The Morgan fingerprint density at radius 1 is 0.674 bits per heavy atom. The lowest BCUT2D eigenvalue weighted by atomic mass is 9.98. The van der Waals surface area contributed by atoms with E-state index in [0.717, 1.165) is 12.5 Å². The molecule has 250 valence electrons. The Hall–Kier alpha value is -3.90. The van der Waals surface area contributed by atoms with Gasteiger partial charge in [0.15, 0.2) is 0 Å². The third kappa shape index (κ3) is 12.1. The fourth-order valence-corrected chi connectivity index (χ4v) is 4.69. The van der Waals surface area contributed by atoms with Crippen LogP contribution >= 0.6 is 0 Å². The lowest BCUT2D eigenvalue weighted by Gasteiger charge is -2.19. The second kappa shape index (κ2) is 16.1. The monoisotopic (exact) mass is 679 g/mol. The molecule has 0 aliphatic heterocycles. The second-order valence-corrected chi connectivity index (χ2v) is 14.8. The van der Waals surface area contributed by atoms with Gasteiger partial charge in [-0.2, -0.15) is 0 Å². The highest BCUT2D eigenvalue weighted by Crippen LogP contribution is 2.28. The fourth-order valence-electron chi connectivity index (χ4n) is 3.71. The van der Waals surface area contributed by atoms with E-state index < -0.39 is 37.2 Å². The summed E-state index contributed by atoms with van der Waals surface area (Å²) in [6.45, 7) is 6.61. The van der Waals surface area contributed by atoms with Gasteiger partial charge in [0.1, 0.15) is 12.2 Å². The number of ether oxygens (including phenoxy) is 4. The molecule has 0 atom stereocenters. The van der Waals surface area contributed by atoms with Crippen LogP contribution in [0.3, 0.4) is 0 Å². The van der Waals surface area contributed by atoms with Gasteiger partial charge in [0, 0.05) is 60.5 Å². The maximum absolute atomic E-state index is 13.1. The van der Waals surface area contributed by atoms with Gasteiger partial charge in [-0.15, -0.1) is 0 Å². The molecule has 3 aromatic rings. The van der Waals surface area contributed by atoms with E-state index in [1.54, 1.807) is 39.0 Å². The van der Waals surface area contributed by atoms with E-state index in [2.05, 4.69) is 25.3 Å². The van der Waals surface area contributed by atoms with Crippen molar-refractivity contribution in [1.29, 1.82) is 0 Å². The number of benzene rings is 1. The quantitative estimate of drug-likeness (QED) is 0.130. The Bertz CT molecular complexity index is 1610. The van der Waals surface area contributed by atoms with Gasteiger partial charge in [-0.25, -0.2) is 41.6 Å². The standard InChI is InChI=1S/C29H37N5O10S2/c1-29(2,3)44-25(35)19-43-11-10-42-9-8-41-7-6-30-26(36)22-13-20(23-15-31-27(32-16-23)45(4,37)38)12-21(14-22)24-17-33-28(34-18-24)46(5,39)40/h12-18H,6-11,19H2,1-5H3,(H,30,36). The molecule has 1 N–H and O–H groups in total. The van der Waals surface area contributed by atoms with Gasteiger partial charge in [0.2, 0.25) is 30.0 Å². The molecule has 0 unspecified atom stereocenters. The predicted octanol–water partition coefficient (Wildman–Crippen LogP) is 1.53. The molecule has 17 heteroatoms. The molecule has 0 saturated carbocycles. The van der Waals surface area contributed by atoms with E-state index in [4.69, 9.17) is 18.9 Å². The van der Waals surface area contributed by atoms with Crippen LogP contribution in [0.15, 0.2) is 53.3 Å². The lowest BCUT2D eigenvalue weighted by Crippen LogP contribution is -2.28. The molecule has 2 aromatic heterocycles. The van der Waals surface area contributed by atoms with Crippen molar-refractivity contribution in [2.45, 2.75) is 36.7 Å². The van der Waals surface area contributed by atoms with Crippen LogP contribution in [0.5, 0.6) is 0 Å². The average Bonchev–Trinajstić information content (AvgIpc) is 2.98. The van der Waals surface area contributed by atoms with Gasteiger partial charge in [-0.05, 0) is 50.1 Å². The van der Waals surface area contributed by atoms with Gasteiger partial charge >= 0.3 is 5.97 Å². The summed E-state index contributed by atoms with van der Waals surface area (Å²) in [5.41, 5.74) is 1.56. The van der Waals surface area contributed by atoms with Crippen LogP contribution in [0.4, 0.5) is 0 Å². The molecule has 0 radical (unpaired) electrons. The van der Waals surface area contributed by atoms with Gasteiger partial charge in [0.05, 0.1) is 33.0 Å². The smallest absolute Gasteiger partial charge is 0.332 e. The first-order valence-electron chi connectivity index (χ1n) is 14.0. The highest BCUT2D eigenvalue weighted by molar-refractivity contribution is 7.90. The zero-order chi connectivity index (χ0) is 34.0. The van der Waals surface area contributed by atoms with Gasteiger partial charge in [-0.1, -0.05) is 0 Å². The molecule has 3 rings (SSSR count). The topological polar surface area (TPSA) is 203 Å². The molecule has 0 aliphatic carbocycles.